The SMILES string of the molecule is O=C(CSc1nnc(-c2ccc(Cl)cc2)o1)NCc1cccc(OC(F)F)c1. The molecule has 0 unspecified atom stereocenters. The third-order valence-electron chi connectivity index (χ3n) is 3.44. The van der Waals surface area contributed by atoms with E-state index < -0.39 is 6.61 Å². The summed E-state index contributed by atoms with van der Waals surface area (Å²) in [6.07, 6.45) is 0. The highest BCUT2D eigenvalue weighted by atomic mass is 35.5. The smallest absolute Gasteiger partial charge is 0.387 e. The normalized spacial score (nSPS) is 10.9. The van der Waals surface area contributed by atoms with Crippen molar-refractivity contribution < 1.29 is 22.7 Å². The van der Waals surface area contributed by atoms with E-state index in [0.717, 1.165) is 17.3 Å². The molecule has 0 saturated carbocycles. The average molecular weight is 426 g/mol. The van der Waals surface area contributed by atoms with E-state index in [4.69, 9.17) is 16.0 Å². The first kappa shape index (κ1) is 20.1. The van der Waals surface area contributed by atoms with Gasteiger partial charge in [-0.3, -0.25) is 4.79 Å². The van der Waals surface area contributed by atoms with Crippen molar-refractivity contribution in [3.63, 3.8) is 0 Å². The van der Waals surface area contributed by atoms with Crippen molar-refractivity contribution >= 4 is 29.3 Å². The van der Waals surface area contributed by atoms with Gasteiger partial charge in [0.05, 0.1) is 5.75 Å². The lowest BCUT2D eigenvalue weighted by atomic mass is 10.2. The highest BCUT2D eigenvalue weighted by Crippen LogP contribution is 2.24. The number of benzene rings is 2. The molecular formula is C18H14ClF2N3O3S. The number of amides is 1. The number of rotatable bonds is 8. The number of carbonyl (C=O) groups excluding carboxylic acids is 1. The van der Waals surface area contributed by atoms with Crippen molar-refractivity contribution in [2.24, 2.45) is 0 Å². The summed E-state index contributed by atoms with van der Waals surface area (Å²) in [6, 6.07) is 13.1. The van der Waals surface area contributed by atoms with Crippen LogP contribution in [0.3, 0.4) is 0 Å². The fourth-order valence-electron chi connectivity index (χ4n) is 2.19. The van der Waals surface area contributed by atoms with Gasteiger partial charge in [0, 0.05) is 17.1 Å². The van der Waals surface area contributed by atoms with Crippen molar-refractivity contribution in [2.45, 2.75) is 18.4 Å². The summed E-state index contributed by atoms with van der Waals surface area (Å²) in [5.41, 5.74) is 1.36. The monoisotopic (exact) mass is 425 g/mol. The van der Waals surface area contributed by atoms with E-state index in [2.05, 4.69) is 20.3 Å². The van der Waals surface area contributed by atoms with Gasteiger partial charge in [-0.25, -0.2) is 0 Å². The standard InChI is InChI=1S/C18H14ClF2N3O3S/c19-13-6-4-12(5-7-13)16-23-24-18(27-16)28-10-15(25)22-9-11-2-1-3-14(8-11)26-17(20)21/h1-8,17H,9-10H2,(H,22,25). The van der Waals surface area contributed by atoms with Crippen LogP contribution in [-0.4, -0.2) is 28.5 Å². The molecule has 0 fully saturated rings. The molecule has 6 nitrogen and oxygen atoms in total. The van der Waals surface area contributed by atoms with Gasteiger partial charge in [0.1, 0.15) is 5.75 Å². The van der Waals surface area contributed by atoms with Crippen LogP contribution in [0.1, 0.15) is 5.56 Å². The Labute approximate surface area is 168 Å². The number of halogens is 3. The first-order chi connectivity index (χ1) is 13.5. The molecule has 1 amide bonds. The second-order valence-corrected chi connectivity index (χ2v) is 6.83. The third-order valence-corrected chi connectivity index (χ3v) is 4.51. The van der Waals surface area contributed by atoms with Crippen LogP contribution in [0, 0.1) is 0 Å². The molecule has 0 aliphatic heterocycles. The Morgan fingerprint density at radius 2 is 2.00 bits per heavy atom. The molecule has 0 aliphatic carbocycles. The average Bonchev–Trinajstić information content (AvgIpc) is 3.14. The Hall–Kier alpha value is -2.65. The molecular weight excluding hydrogens is 412 g/mol. The van der Waals surface area contributed by atoms with Crippen LogP contribution in [-0.2, 0) is 11.3 Å². The summed E-state index contributed by atoms with van der Waals surface area (Å²) < 4.78 is 34.3. The first-order valence-corrected chi connectivity index (χ1v) is 9.38. The van der Waals surface area contributed by atoms with E-state index in [1.165, 1.54) is 12.1 Å². The maximum absolute atomic E-state index is 12.2. The van der Waals surface area contributed by atoms with Gasteiger partial charge in [-0.1, -0.05) is 35.5 Å². The zero-order valence-corrected chi connectivity index (χ0v) is 15.8. The molecule has 2 aromatic carbocycles. The number of thioether (sulfide) groups is 1. The number of hydrogen-bond donors (Lipinski definition) is 1. The van der Waals surface area contributed by atoms with Crippen LogP contribution in [0.25, 0.3) is 11.5 Å². The van der Waals surface area contributed by atoms with Crippen molar-refractivity contribution in [3.8, 4) is 17.2 Å². The highest BCUT2D eigenvalue weighted by Gasteiger charge is 2.11. The Bertz CT molecular complexity index is 938. The minimum Gasteiger partial charge on any atom is -0.435 e. The summed E-state index contributed by atoms with van der Waals surface area (Å²) >= 11 is 6.93. The molecule has 0 spiro atoms. The summed E-state index contributed by atoms with van der Waals surface area (Å²) in [4.78, 5) is 12.0. The predicted octanol–water partition coefficient (Wildman–Crippen LogP) is 4.40. The van der Waals surface area contributed by atoms with Crippen molar-refractivity contribution in [1.82, 2.24) is 15.5 Å². The lowest BCUT2D eigenvalue weighted by Gasteiger charge is -2.07. The maximum atomic E-state index is 12.2. The Morgan fingerprint density at radius 3 is 2.75 bits per heavy atom. The Balaban J connectivity index is 1.48. The molecule has 1 N–H and O–H groups in total. The lowest BCUT2D eigenvalue weighted by molar-refractivity contribution is -0.118. The number of hydrogen-bond acceptors (Lipinski definition) is 6. The Kier molecular flexibility index (Phi) is 6.83. The van der Waals surface area contributed by atoms with Crippen LogP contribution < -0.4 is 10.1 Å². The molecule has 146 valence electrons. The van der Waals surface area contributed by atoms with Gasteiger partial charge in [0.15, 0.2) is 0 Å². The van der Waals surface area contributed by atoms with E-state index in [1.54, 1.807) is 36.4 Å². The highest BCUT2D eigenvalue weighted by molar-refractivity contribution is 7.99. The zero-order chi connectivity index (χ0) is 19.9. The fraction of sp³-hybridized carbons (Fsp3) is 0.167. The van der Waals surface area contributed by atoms with Crippen molar-refractivity contribution in [1.29, 1.82) is 0 Å². The van der Waals surface area contributed by atoms with Gasteiger partial charge in [0.25, 0.3) is 5.22 Å². The van der Waals surface area contributed by atoms with E-state index >= 15 is 0 Å². The van der Waals surface area contributed by atoms with Crippen LogP contribution in [0.5, 0.6) is 5.75 Å². The minimum atomic E-state index is -2.89. The van der Waals surface area contributed by atoms with E-state index in [9.17, 15) is 13.6 Å². The number of ether oxygens (including phenoxy) is 1. The van der Waals surface area contributed by atoms with E-state index in [0.29, 0.717) is 16.5 Å². The van der Waals surface area contributed by atoms with Gasteiger partial charge in [0.2, 0.25) is 11.8 Å². The second-order valence-electron chi connectivity index (χ2n) is 5.47. The summed E-state index contributed by atoms with van der Waals surface area (Å²) in [5, 5.41) is 11.4. The molecule has 28 heavy (non-hydrogen) atoms. The van der Waals surface area contributed by atoms with Gasteiger partial charge < -0.3 is 14.5 Å². The van der Waals surface area contributed by atoms with Crippen LogP contribution >= 0.6 is 23.4 Å². The molecule has 0 saturated heterocycles. The molecule has 10 heteroatoms. The molecule has 3 rings (SSSR count). The van der Waals surface area contributed by atoms with Gasteiger partial charge in [-0.15, -0.1) is 10.2 Å². The number of carbonyl (C=O) groups is 1. The lowest BCUT2D eigenvalue weighted by Crippen LogP contribution is -2.24. The maximum Gasteiger partial charge on any atom is 0.387 e. The second kappa shape index (κ2) is 9.52. The zero-order valence-electron chi connectivity index (χ0n) is 14.3. The van der Waals surface area contributed by atoms with Crippen molar-refractivity contribution in [2.75, 3.05) is 5.75 Å². The number of aromatic nitrogens is 2. The van der Waals surface area contributed by atoms with Crippen LogP contribution in [0.2, 0.25) is 5.02 Å². The van der Waals surface area contributed by atoms with E-state index in [1.807, 2.05) is 0 Å². The quantitative estimate of drug-likeness (QED) is 0.539. The number of alkyl halides is 2. The predicted molar refractivity (Wildman–Crippen MR) is 100 cm³/mol. The summed E-state index contributed by atoms with van der Waals surface area (Å²) in [5.74, 6) is 0.165. The van der Waals surface area contributed by atoms with E-state index in [-0.39, 0.29) is 29.2 Å². The van der Waals surface area contributed by atoms with Gasteiger partial charge >= 0.3 is 6.61 Å². The molecule has 1 aromatic heterocycles. The van der Waals surface area contributed by atoms with Crippen LogP contribution in [0.4, 0.5) is 8.78 Å². The minimum absolute atomic E-state index is 0.0386. The topological polar surface area (TPSA) is 77.2 Å². The number of nitrogens with one attached hydrogen (secondary N) is 1. The van der Waals surface area contributed by atoms with Gasteiger partial charge in [-0.05, 0) is 42.0 Å². The molecule has 0 radical (unpaired) electrons. The molecule has 1 heterocycles. The molecule has 0 aliphatic rings. The third kappa shape index (κ3) is 5.93. The fourth-order valence-corrected chi connectivity index (χ4v) is 2.91. The summed E-state index contributed by atoms with van der Waals surface area (Å²) in [7, 11) is 0. The Morgan fingerprint density at radius 1 is 1.21 bits per heavy atom. The summed E-state index contributed by atoms with van der Waals surface area (Å²) in [6.45, 7) is -2.71. The number of nitrogens with zero attached hydrogens (tertiary/aromatic N) is 2. The van der Waals surface area contributed by atoms with Gasteiger partial charge in [-0.2, -0.15) is 8.78 Å². The van der Waals surface area contributed by atoms with Crippen LogP contribution in [0.15, 0.2) is 58.2 Å². The molecule has 3 aromatic rings. The molecule has 0 bridgehead atoms. The molecule has 0 atom stereocenters. The van der Waals surface area contributed by atoms with Crippen molar-refractivity contribution in [3.05, 3.63) is 59.1 Å². The largest absolute Gasteiger partial charge is 0.435 e. The first-order valence-electron chi connectivity index (χ1n) is 8.02.